The third-order valence-electron chi connectivity index (χ3n) is 3.17. The largest absolute Gasteiger partial charge is 0.233 e. The highest BCUT2D eigenvalue weighted by Crippen LogP contribution is 2.28. The van der Waals surface area contributed by atoms with E-state index in [0.29, 0.717) is 5.82 Å². The molecule has 0 amide bonds. The quantitative estimate of drug-likeness (QED) is 0.653. The van der Waals surface area contributed by atoms with Crippen LogP contribution in [0.2, 0.25) is 0 Å². The SMILES string of the molecule is Cc1nc(-c2cc(F)ccc2C)c2ccccc2n1. The number of aromatic nitrogens is 2. The van der Waals surface area contributed by atoms with E-state index in [1.807, 2.05) is 38.1 Å². The highest BCUT2D eigenvalue weighted by Gasteiger charge is 2.10. The maximum atomic E-state index is 13.5. The van der Waals surface area contributed by atoms with Crippen LogP contribution in [0.4, 0.5) is 4.39 Å². The summed E-state index contributed by atoms with van der Waals surface area (Å²) in [5.41, 5.74) is 3.50. The van der Waals surface area contributed by atoms with E-state index in [9.17, 15) is 4.39 Å². The van der Waals surface area contributed by atoms with E-state index in [1.165, 1.54) is 12.1 Å². The van der Waals surface area contributed by atoms with Gasteiger partial charge in [0.05, 0.1) is 11.2 Å². The minimum atomic E-state index is -0.249. The Kier molecular flexibility index (Phi) is 2.75. The number of rotatable bonds is 1. The third-order valence-corrected chi connectivity index (χ3v) is 3.17. The van der Waals surface area contributed by atoms with Crippen LogP contribution in [0.5, 0.6) is 0 Å². The van der Waals surface area contributed by atoms with Gasteiger partial charge in [-0.1, -0.05) is 24.3 Å². The van der Waals surface area contributed by atoms with Crippen LogP contribution in [0.3, 0.4) is 0 Å². The van der Waals surface area contributed by atoms with Crippen LogP contribution in [0.15, 0.2) is 42.5 Å². The minimum absolute atomic E-state index is 0.249. The molecule has 19 heavy (non-hydrogen) atoms. The smallest absolute Gasteiger partial charge is 0.126 e. The number of hydrogen-bond acceptors (Lipinski definition) is 2. The molecule has 1 aromatic heterocycles. The van der Waals surface area contributed by atoms with Crippen molar-refractivity contribution in [3.8, 4) is 11.3 Å². The Morgan fingerprint density at radius 2 is 1.74 bits per heavy atom. The normalized spacial score (nSPS) is 10.9. The minimum Gasteiger partial charge on any atom is -0.233 e. The van der Waals surface area contributed by atoms with E-state index >= 15 is 0 Å². The number of aryl methyl sites for hydroxylation is 2. The second-order valence-corrected chi connectivity index (χ2v) is 4.60. The van der Waals surface area contributed by atoms with Crippen LogP contribution in [-0.4, -0.2) is 9.97 Å². The van der Waals surface area contributed by atoms with E-state index in [4.69, 9.17) is 0 Å². The lowest BCUT2D eigenvalue weighted by Crippen LogP contribution is -1.95. The molecule has 0 fully saturated rings. The summed E-state index contributed by atoms with van der Waals surface area (Å²) >= 11 is 0. The first kappa shape index (κ1) is 11.8. The average Bonchev–Trinajstić information content (AvgIpc) is 2.40. The Labute approximate surface area is 111 Å². The van der Waals surface area contributed by atoms with E-state index < -0.39 is 0 Å². The van der Waals surface area contributed by atoms with Gasteiger partial charge < -0.3 is 0 Å². The predicted octanol–water partition coefficient (Wildman–Crippen LogP) is 4.05. The van der Waals surface area contributed by atoms with Crippen LogP contribution in [0.1, 0.15) is 11.4 Å². The molecule has 0 aliphatic carbocycles. The Bertz CT molecular complexity index is 766. The van der Waals surface area contributed by atoms with Gasteiger partial charge in [-0.05, 0) is 37.6 Å². The van der Waals surface area contributed by atoms with Gasteiger partial charge in [-0.2, -0.15) is 0 Å². The van der Waals surface area contributed by atoms with E-state index in [0.717, 1.165) is 27.7 Å². The molecule has 0 N–H and O–H groups in total. The highest BCUT2D eigenvalue weighted by molar-refractivity contribution is 5.92. The third kappa shape index (κ3) is 2.08. The van der Waals surface area contributed by atoms with Gasteiger partial charge in [0.25, 0.3) is 0 Å². The first-order valence-electron chi connectivity index (χ1n) is 6.15. The molecule has 0 unspecified atom stereocenters. The number of nitrogens with zero attached hydrogens (tertiary/aromatic N) is 2. The fourth-order valence-corrected chi connectivity index (χ4v) is 2.25. The van der Waals surface area contributed by atoms with Crippen molar-refractivity contribution in [2.75, 3.05) is 0 Å². The van der Waals surface area contributed by atoms with Crippen molar-refractivity contribution in [3.05, 3.63) is 59.7 Å². The first-order chi connectivity index (χ1) is 9.15. The van der Waals surface area contributed by atoms with Gasteiger partial charge in [0.15, 0.2) is 0 Å². The molecule has 1 heterocycles. The van der Waals surface area contributed by atoms with Gasteiger partial charge in [0.1, 0.15) is 11.6 Å². The van der Waals surface area contributed by atoms with Crippen LogP contribution >= 0.6 is 0 Å². The molecule has 0 saturated carbocycles. The summed E-state index contributed by atoms with van der Waals surface area (Å²) in [5, 5.41) is 0.946. The summed E-state index contributed by atoms with van der Waals surface area (Å²) in [6, 6.07) is 12.6. The molecular formula is C16H13FN2. The fourth-order valence-electron chi connectivity index (χ4n) is 2.25. The van der Waals surface area contributed by atoms with E-state index in [1.54, 1.807) is 6.07 Å². The van der Waals surface area contributed by atoms with Crippen molar-refractivity contribution in [1.29, 1.82) is 0 Å². The molecule has 0 spiro atoms. The van der Waals surface area contributed by atoms with Gasteiger partial charge in [-0.25, -0.2) is 14.4 Å². The molecule has 3 rings (SSSR count). The number of fused-ring (bicyclic) bond motifs is 1. The van der Waals surface area contributed by atoms with E-state index in [-0.39, 0.29) is 5.82 Å². The van der Waals surface area contributed by atoms with Gasteiger partial charge in [0.2, 0.25) is 0 Å². The Morgan fingerprint density at radius 1 is 0.947 bits per heavy atom. The zero-order valence-corrected chi connectivity index (χ0v) is 10.8. The summed E-state index contributed by atoms with van der Waals surface area (Å²) in [6.07, 6.45) is 0. The molecule has 2 aromatic carbocycles. The monoisotopic (exact) mass is 252 g/mol. The maximum absolute atomic E-state index is 13.5. The Morgan fingerprint density at radius 3 is 2.58 bits per heavy atom. The summed E-state index contributed by atoms with van der Waals surface area (Å²) in [7, 11) is 0. The second-order valence-electron chi connectivity index (χ2n) is 4.60. The van der Waals surface area contributed by atoms with E-state index in [2.05, 4.69) is 9.97 Å². The van der Waals surface area contributed by atoms with Crippen LogP contribution in [-0.2, 0) is 0 Å². The number of halogens is 1. The number of hydrogen-bond donors (Lipinski definition) is 0. The summed E-state index contributed by atoms with van der Waals surface area (Å²) in [6.45, 7) is 3.81. The van der Waals surface area contributed by atoms with Crippen LogP contribution in [0.25, 0.3) is 22.2 Å². The molecule has 2 nitrogen and oxygen atoms in total. The standard InChI is InChI=1S/C16H13FN2/c1-10-7-8-12(17)9-14(10)16-13-5-3-4-6-15(13)18-11(2)19-16/h3-9H,1-2H3. The predicted molar refractivity (Wildman–Crippen MR) is 74.4 cm³/mol. The number of para-hydroxylation sites is 1. The maximum Gasteiger partial charge on any atom is 0.126 e. The molecule has 3 heteroatoms. The lowest BCUT2D eigenvalue weighted by molar-refractivity contribution is 0.628. The second kappa shape index (κ2) is 4.43. The van der Waals surface area contributed by atoms with Crippen LogP contribution in [0, 0.1) is 19.7 Å². The first-order valence-corrected chi connectivity index (χ1v) is 6.15. The Hall–Kier alpha value is -2.29. The molecule has 0 bridgehead atoms. The topological polar surface area (TPSA) is 25.8 Å². The molecule has 0 radical (unpaired) electrons. The summed E-state index contributed by atoms with van der Waals surface area (Å²) in [4.78, 5) is 8.90. The fraction of sp³-hybridized carbons (Fsp3) is 0.125. The molecule has 0 aliphatic rings. The van der Waals surface area contributed by atoms with Gasteiger partial charge in [-0.3, -0.25) is 0 Å². The molecule has 3 aromatic rings. The zero-order valence-electron chi connectivity index (χ0n) is 10.8. The molecule has 0 aliphatic heterocycles. The van der Waals surface area contributed by atoms with Gasteiger partial charge >= 0.3 is 0 Å². The zero-order chi connectivity index (χ0) is 13.4. The highest BCUT2D eigenvalue weighted by atomic mass is 19.1. The van der Waals surface area contributed by atoms with Crippen molar-refractivity contribution in [2.45, 2.75) is 13.8 Å². The van der Waals surface area contributed by atoms with Crippen molar-refractivity contribution in [3.63, 3.8) is 0 Å². The Balaban J connectivity index is 2.38. The van der Waals surface area contributed by atoms with Crippen molar-refractivity contribution >= 4 is 10.9 Å². The van der Waals surface area contributed by atoms with Crippen molar-refractivity contribution in [1.82, 2.24) is 9.97 Å². The summed E-state index contributed by atoms with van der Waals surface area (Å²) in [5.74, 6) is 0.443. The molecule has 0 atom stereocenters. The van der Waals surface area contributed by atoms with Crippen molar-refractivity contribution in [2.24, 2.45) is 0 Å². The lowest BCUT2D eigenvalue weighted by atomic mass is 10.0. The van der Waals surface area contributed by atoms with Gasteiger partial charge in [-0.15, -0.1) is 0 Å². The van der Waals surface area contributed by atoms with Crippen LogP contribution < -0.4 is 0 Å². The molecule has 94 valence electrons. The van der Waals surface area contributed by atoms with Crippen molar-refractivity contribution < 1.29 is 4.39 Å². The van der Waals surface area contributed by atoms with Gasteiger partial charge in [0, 0.05) is 10.9 Å². The summed E-state index contributed by atoms with van der Waals surface area (Å²) < 4.78 is 13.5. The molecular weight excluding hydrogens is 239 g/mol. The lowest BCUT2D eigenvalue weighted by Gasteiger charge is -2.09. The molecule has 0 saturated heterocycles. The average molecular weight is 252 g/mol. The number of benzene rings is 2.